The molecule has 0 saturated carbocycles. The third kappa shape index (κ3) is 2.88. The summed E-state index contributed by atoms with van der Waals surface area (Å²) in [6.45, 7) is 3.82. The van der Waals surface area contributed by atoms with Crippen molar-refractivity contribution in [2.45, 2.75) is 6.92 Å². The number of hydrogen-bond acceptors (Lipinski definition) is 5. The van der Waals surface area contributed by atoms with Crippen molar-refractivity contribution in [2.24, 2.45) is 5.73 Å². The van der Waals surface area contributed by atoms with Gasteiger partial charge in [0.2, 0.25) is 0 Å². The zero-order valence-electron chi connectivity index (χ0n) is 8.59. The van der Waals surface area contributed by atoms with Crippen molar-refractivity contribution in [3.63, 3.8) is 0 Å². The van der Waals surface area contributed by atoms with E-state index in [9.17, 15) is 10.1 Å². The van der Waals surface area contributed by atoms with E-state index in [1.165, 1.54) is 18.3 Å². The molecule has 0 aromatic carbocycles. The van der Waals surface area contributed by atoms with Crippen molar-refractivity contribution in [2.75, 3.05) is 24.5 Å². The molecule has 1 heterocycles. The molecule has 0 radical (unpaired) electrons. The zero-order chi connectivity index (χ0) is 11.3. The normalized spacial score (nSPS) is 10.0. The number of likely N-dealkylation sites (N-methyl/N-ethyl adjacent to an activating group) is 1. The fourth-order valence-corrected chi connectivity index (χ4v) is 1.28. The highest BCUT2D eigenvalue weighted by Crippen LogP contribution is 2.17. The zero-order valence-corrected chi connectivity index (χ0v) is 8.59. The first kappa shape index (κ1) is 11.4. The second kappa shape index (κ2) is 5.26. The van der Waals surface area contributed by atoms with Gasteiger partial charge in [-0.25, -0.2) is 4.98 Å². The van der Waals surface area contributed by atoms with Gasteiger partial charge in [-0.3, -0.25) is 10.1 Å². The molecule has 0 aliphatic rings. The molecule has 0 fully saturated rings. The van der Waals surface area contributed by atoms with Crippen LogP contribution in [0.3, 0.4) is 0 Å². The number of aromatic nitrogens is 1. The highest BCUT2D eigenvalue weighted by Gasteiger charge is 2.10. The smallest absolute Gasteiger partial charge is 0.274 e. The number of rotatable bonds is 5. The Morgan fingerprint density at radius 2 is 2.40 bits per heavy atom. The van der Waals surface area contributed by atoms with Gasteiger partial charge in [-0.15, -0.1) is 0 Å². The van der Waals surface area contributed by atoms with Crippen molar-refractivity contribution in [3.05, 3.63) is 28.4 Å². The predicted octanol–water partition coefficient (Wildman–Crippen LogP) is 0.775. The predicted molar refractivity (Wildman–Crippen MR) is 57.8 cm³/mol. The summed E-state index contributed by atoms with van der Waals surface area (Å²) in [6, 6.07) is 2.83. The Hall–Kier alpha value is -1.69. The van der Waals surface area contributed by atoms with Crippen LogP contribution in [0.1, 0.15) is 6.92 Å². The number of anilines is 1. The van der Waals surface area contributed by atoms with Gasteiger partial charge in [0.05, 0.1) is 11.0 Å². The minimum absolute atomic E-state index is 0.0514. The maximum Gasteiger partial charge on any atom is 0.274 e. The molecule has 1 rings (SSSR count). The Kier molecular flexibility index (Phi) is 3.99. The van der Waals surface area contributed by atoms with Crippen LogP contribution in [-0.4, -0.2) is 29.5 Å². The summed E-state index contributed by atoms with van der Waals surface area (Å²) in [4.78, 5) is 16.1. The van der Waals surface area contributed by atoms with Crippen molar-refractivity contribution in [1.82, 2.24) is 4.98 Å². The average Bonchev–Trinajstić information content (AvgIpc) is 2.26. The summed E-state index contributed by atoms with van der Waals surface area (Å²) < 4.78 is 0. The van der Waals surface area contributed by atoms with Crippen molar-refractivity contribution in [3.8, 4) is 0 Å². The average molecular weight is 210 g/mol. The molecule has 0 unspecified atom stereocenters. The number of nitrogens with two attached hydrogens (primary N) is 1. The van der Waals surface area contributed by atoms with Crippen molar-refractivity contribution < 1.29 is 4.92 Å². The van der Waals surface area contributed by atoms with Crippen molar-refractivity contribution in [1.29, 1.82) is 0 Å². The molecule has 6 nitrogen and oxygen atoms in total. The van der Waals surface area contributed by atoms with Crippen LogP contribution in [0.2, 0.25) is 0 Å². The number of pyridine rings is 1. The molecule has 1 aromatic heterocycles. The Morgan fingerprint density at radius 3 is 2.93 bits per heavy atom. The van der Waals surface area contributed by atoms with Crippen LogP contribution in [0.25, 0.3) is 0 Å². The van der Waals surface area contributed by atoms with Crippen LogP contribution in [0.4, 0.5) is 11.5 Å². The number of hydrogen-bond donors (Lipinski definition) is 1. The third-order valence-electron chi connectivity index (χ3n) is 2.04. The molecule has 15 heavy (non-hydrogen) atoms. The van der Waals surface area contributed by atoms with Gasteiger partial charge in [0, 0.05) is 31.9 Å². The largest absolute Gasteiger partial charge is 0.355 e. The maximum atomic E-state index is 10.6. The number of nitro groups is 1. The summed E-state index contributed by atoms with van der Waals surface area (Å²) in [5.74, 6) is 0.595. The van der Waals surface area contributed by atoms with Crippen LogP contribution in [0, 0.1) is 10.1 Å². The van der Waals surface area contributed by atoms with Gasteiger partial charge in [0.1, 0.15) is 5.82 Å². The van der Waals surface area contributed by atoms with E-state index < -0.39 is 4.92 Å². The number of nitrogens with zero attached hydrogens (tertiary/aromatic N) is 3. The molecular formula is C9H14N4O2. The minimum Gasteiger partial charge on any atom is -0.355 e. The molecular weight excluding hydrogens is 196 g/mol. The molecule has 6 heteroatoms. The molecule has 0 spiro atoms. The maximum absolute atomic E-state index is 10.6. The highest BCUT2D eigenvalue weighted by atomic mass is 16.6. The molecule has 0 aliphatic heterocycles. The fourth-order valence-electron chi connectivity index (χ4n) is 1.28. The van der Waals surface area contributed by atoms with Gasteiger partial charge in [-0.05, 0) is 6.92 Å². The standard InChI is InChI=1S/C9H14N4O2/c1-2-12(6-4-10)9-7-8(13(14)15)3-5-11-9/h3,5,7H,2,4,6,10H2,1H3. The Bertz CT molecular complexity index is 343. The first-order valence-electron chi connectivity index (χ1n) is 4.74. The monoisotopic (exact) mass is 210 g/mol. The summed E-state index contributed by atoms with van der Waals surface area (Å²) in [5.41, 5.74) is 5.49. The topological polar surface area (TPSA) is 85.3 Å². The third-order valence-corrected chi connectivity index (χ3v) is 2.04. The van der Waals surface area contributed by atoms with E-state index in [0.29, 0.717) is 18.9 Å². The van der Waals surface area contributed by atoms with E-state index in [-0.39, 0.29) is 5.69 Å². The Balaban J connectivity index is 2.92. The van der Waals surface area contributed by atoms with E-state index in [1.807, 2.05) is 11.8 Å². The lowest BCUT2D eigenvalue weighted by Gasteiger charge is -2.20. The van der Waals surface area contributed by atoms with E-state index in [1.54, 1.807) is 0 Å². The van der Waals surface area contributed by atoms with Gasteiger partial charge in [0.25, 0.3) is 5.69 Å². The van der Waals surface area contributed by atoms with Crippen LogP contribution < -0.4 is 10.6 Å². The molecule has 0 saturated heterocycles. The summed E-state index contributed by atoms with van der Waals surface area (Å²) >= 11 is 0. The van der Waals surface area contributed by atoms with E-state index >= 15 is 0 Å². The summed E-state index contributed by atoms with van der Waals surface area (Å²) in [6.07, 6.45) is 1.44. The van der Waals surface area contributed by atoms with Crippen molar-refractivity contribution >= 4 is 11.5 Å². The Morgan fingerprint density at radius 1 is 1.67 bits per heavy atom. The lowest BCUT2D eigenvalue weighted by molar-refractivity contribution is -0.384. The quantitative estimate of drug-likeness (QED) is 0.573. The molecule has 0 bridgehead atoms. The molecule has 2 N–H and O–H groups in total. The van der Waals surface area contributed by atoms with Crippen LogP contribution in [-0.2, 0) is 0 Å². The molecule has 0 atom stereocenters. The first-order valence-corrected chi connectivity index (χ1v) is 4.74. The van der Waals surface area contributed by atoms with E-state index in [4.69, 9.17) is 5.73 Å². The second-order valence-corrected chi connectivity index (χ2v) is 3.00. The van der Waals surface area contributed by atoms with Gasteiger partial charge in [-0.2, -0.15) is 0 Å². The highest BCUT2D eigenvalue weighted by molar-refractivity contribution is 5.46. The lowest BCUT2D eigenvalue weighted by atomic mass is 10.3. The van der Waals surface area contributed by atoms with Gasteiger partial charge >= 0.3 is 0 Å². The van der Waals surface area contributed by atoms with Crippen LogP contribution in [0.15, 0.2) is 18.3 Å². The van der Waals surface area contributed by atoms with Crippen LogP contribution >= 0.6 is 0 Å². The van der Waals surface area contributed by atoms with Gasteiger partial charge in [0.15, 0.2) is 0 Å². The molecule has 82 valence electrons. The van der Waals surface area contributed by atoms with E-state index in [2.05, 4.69) is 4.98 Å². The Labute approximate surface area is 87.9 Å². The van der Waals surface area contributed by atoms with Crippen LogP contribution in [0.5, 0.6) is 0 Å². The summed E-state index contributed by atoms with van der Waals surface area (Å²) in [5, 5.41) is 10.6. The fraction of sp³-hybridized carbons (Fsp3) is 0.444. The molecule has 0 aliphatic carbocycles. The van der Waals surface area contributed by atoms with E-state index in [0.717, 1.165) is 6.54 Å². The summed E-state index contributed by atoms with van der Waals surface area (Å²) in [7, 11) is 0. The molecule has 0 amide bonds. The SMILES string of the molecule is CCN(CCN)c1cc([N+](=O)[O-])ccn1. The first-order chi connectivity index (χ1) is 7.19. The van der Waals surface area contributed by atoms with Gasteiger partial charge in [-0.1, -0.05) is 0 Å². The second-order valence-electron chi connectivity index (χ2n) is 3.00. The van der Waals surface area contributed by atoms with Gasteiger partial charge < -0.3 is 10.6 Å². The molecule has 1 aromatic rings. The minimum atomic E-state index is -0.429. The lowest BCUT2D eigenvalue weighted by Crippen LogP contribution is -2.29.